The van der Waals surface area contributed by atoms with Crippen molar-refractivity contribution in [2.75, 3.05) is 0 Å². The van der Waals surface area contributed by atoms with E-state index in [1.165, 1.54) is 6.20 Å². The zero-order valence-electron chi connectivity index (χ0n) is 8.65. The molecule has 0 saturated heterocycles. The number of aliphatic hydroxyl groups excluding tert-OH is 2. The first-order valence-corrected chi connectivity index (χ1v) is 4.68. The molecular weight excluding hydrogens is 230 g/mol. The summed E-state index contributed by atoms with van der Waals surface area (Å²) in [5, 5.41) is 36.1. The molecule has 1 aromatic heterocycles. The van der Waals surface area contributed by atoms with Crippen LogP contribution < -0.4 is 0 Å². The van der Waals surface area contributed by atoms with Crippen LogP contribution in [0.25, 0.3) is 0 Å². The Hall–Kier alpha value is -1.99. The first-order chi connectivity index (χ1) is 7.91. The Morgan fingerprint density at radius 2 is 1.88 bits per heavy atom. The lowest BCUT2D eigenvalue weighted by molar-refractivity contribution is -0.141. The maximum absolute atomic E-state index is 10.6. The summed E-state index contributed by atoms with van der Waals surface area (Å²) in [5.41, 5.74) is -0.0947. The van der Waals surface area contributed by atoms with Crippen molar-refractivity contribution in [1.82, 2.24) is 4.98 Å². The highest BCUT2D eigenvalue weighted by atomic mass is 16.4. The van der Waals surface area contributed by atoms with Gasteiger partial charge in [-0.2, -0.15) is 0 Å². The predicted octanol–water partition coefficient (Wildman–Crippen LogP) is -0.351. The summed E-state index contributed by atoms with van der Waals surface area (Å²) in [5.74, 6) is -2.49. The van der Waals surface area contributed by atoms with E-state index in [2.05, 4.69) is 4.98 Å². The van der Waals surface area contributed by atoms with Gasteiger partial charge in [-0.25, -0.2) is 4.79 Å². The molecule has 2 atom stereocenters. The van der Waals surface area contributed by atoms with Crippen LogP contribution in [-0.2, 0) is 4.79 Å². The highest BCUT2D eigenvalue weighted by Crippen LogP contribution is 2.19. The summed E-state index contributed by atoms with van der Waals surface area (Å²) in [6, 6.07) is 1.13. The fourth-order valence-electron chi connectivity index (χ4n) is 1.25. The van der Waals surface area contributed by atoms with Gasteiger partial charge in [0.25, 0.3) is 0 Å². The van der Waals surface area contributed by atoms with Crippen molar-refractivity contribution < 1.29 is 30.0 Å². The van der Waals surface area contributed by atoms with Gasteiger partial charge >= 0.3 is 11.9 Å². The minimum atomic E-state index is -1.52. The van der Waals surface area contributed by atoms with Crippen molar-refractivity contribution in [3.63, 3.8) is 0 Å². The maximum atomic E-state index is 10.6. The van der Waals surface area contributed by atoms with E-state index >= 15 is 0 Å². The molecule has 1 heterocycles. The molecule has 0 spiro atoms. The molecule has 2 unspecified atom stereocenters. The number of aliphatic hydroxyl groups is 2. The first kappa shape index (κ1) is 13.1. The molecule has 0 fully saturated rings. The molecule has 1 aromatic rings. The maximum Gasteiger partial charge on any atom is 0.337 e. The summed E-state index contributed by atoms with van der Waals surface area (Å²) >= 11 is 0. The normalized spacial score (nSPS) is 14.0. The van der Waals surface area contributed by atoms with E-state index in [0.29, 0.717) is 0 Å². The molecule has 4 N–H and O–H groups in total. The van der Waals surface area contributed by atoms with Gasteiger partial charge in [0.1, 0.15) is 6.10 Å². The highest BCUT2D eigenvalue weighted by molar-refractivity contribution is 5.87. The SMILES string of the molecule is O=C(O)CC(O)C(O)c1cncc(C(=O)O)c1. The fourth-order valence-corrected chi connectivity index (χ4v) is 1.25. The molecule has 0 aliphatic rings. The second-order valence-corrected chi connectivity index (χ2v) is 3.42. The van der Waals surface area contributed by atoms with Crippen LogP contribution in [0.4, 0.5) is 0 Å². The van der Waals surface area contributed by atoms with E-state index in [9.17, 15) is 19.8 Å². The zero-order chi connectivity index (χ0) is 13.0. The summed E-state index contributed by atoms with van der Waals surface area (Å²) < 4.78 is 0. The Labute approximate surface area is 96.0 Å². The van der Waals surface area contributed by atoms with Crippen LogP contribution in [0.3, 0.4) is 0 Å². The number of nitrogens with zero attached hydrogens (tertiary/aromatic N) is 1. The van der Waals surface area contributed by atoms with Gasteiger partial charge in [0.2, 0.25) is 0 Å². The summed E-state index contributed by atoms with van der Waals surface area (Å²) in [6.07, 6.45) is -1.39. The summed E-state index contributed by atoms with van der Waals surface area (Å²) in [7, 11) is 0. The molecule has 0 radical (unpaired) electrons. The molecule has 92 valence electrons. The number of pyridine rings is 1. The van der Waals surface area contributed by atoms with Crippen LogP contribution in [0.5, 0.6) is 0 Å². The second kappa shape index (κ2) is 5.37. The number of carboxylic acids is 2. The number of rotatable bonds is 5. The van der Waals surface area contributed by atoms with Crippen molar-refractivity contribution in [3.8, 4) is 0 Å². The lowest BCUT2D eigenvalue weighted by Crippen LogP contribution is -2.22. The van der Waals surface area contributed by atoms with E-state index in [4.69, 9.17) is 10.2 Å². The second-order valence-electron chi connectivity index (χ2n) is 3.42. The van der Waals surface area contributed by atoms with Gasteiger partial charge < -0.3 is 20.4 Å². The van der Waals surface area contributed by atoms with Gasteiger partial charge in [-0.05, 0) is 6.07 Å². The largest absolute Gasteiger partial charge is 0.481 e. The van der Waals surface area contributed by atoms with Crippen molar-refractivity contribution >= 4 is 11.9 Å². The molecule has 1 rings (SSSR count). The van der Waals surface area contributed by atoms with Crippen LogP contribution in [0.15, 0.2) is 18.5 Å². The van der Waals surface area contributed by atoms with Gasteiger partial charge in [0, 0.05) is 18.0 Å². The zero-order valence-corrected chi connectivity index (χ0v) is 8.65. The average Bonchev–Trinajstić information content (AvgIpc) is 2.27. The smallest absolute Gasteiger partial charge is 0.337 e. The minimum absolute atomic E-state index is 0.0543. The highest BCUT2D eigenvalue weighted by Gasteiger charge is 2.22. The van der Waals surface area contributed by atoms with Crippen LogP contribution in [0.1, 0.15) is 28.4 Å². The van der Waals surface area contributed by atoms with Gasteiger partial charge in [0.05, 0.1) is 18.1 Å². The van der Waals surface area contributed by atoms with Crippen LogP contribution >= 0.6 is 0 Å². The molecule has 7 heteroatoms. The number of aromatic carboxylic acids is 1. The Morgan fingerprint density at radius 3 is 2.41 bits per heavy atom. The third-order valence-electron chi connectivity index (χ3n) is 2.10. The molecule has 0 amide bonds. The standard InChI is InChI=1S/C10H11NO6/c12-7(2-8(13)14)9(15)5-1-6(10(16)17)4-11-3-5/h1,3-4,7,9,12,15H,2H2,(H,13,14)(H,16,17). The van der Waals surface area contributed by atoms with Crippen molar-refractivity contribution in [3.05, 3.63) is 29.6 Å². The lowest BCUT2D eigenvalue weighted by Gasteiger charge is -2.16. The summed E-state index contributed by atoms with van der Waals surface area (Å²) in [6.45, 7) is 0. The molecule has 0 bridgehead atoms. The third-order valence-corrected chi connectivity index (χ3v) is 2.10. The van der Waals surface area contributed by atoms with Crippen LogP contribution in [0, 0.1) is 0 Å². The Balaban J connectivity index is 2.88. The Kier molecular flexibility index (Phi) is 4.13. The molecule has 0 aromatic carbocycles. The molecule has 0 saturated carbocycles. The monoisotopic (exact) mass is 241 g/mol. The Morgan fingerprint density at radius 1 is 1.24 bits per heavy atom. The van der Waals surface area contributed by atoms with Gasteiger partial charge in [0.15, 0.2) is 0 Å². The Bertz CT molecular complexity index is 433. The number of hydrogen-bond donors (Lipinski definition) is 4. The molecule has 17 heavy (non-hydrogen) atoms. The van der Waals surface area contributed by atoms with Gasteiger partial charge in [-0.15, -0.1) is 0 Å². The van der Waals surface area contributed by atoms with Crippen molar-refractivity contribution in [1.29, 1.82) is 0 Å². The van der Waals surface area contributed by atoms with E-state index < -0.39 is 30.6 Å². The third kappa shape index (κ3) is 3.51. The number of hydrogen-bond acceptors (Lipinski definition) is 5. The van der Waals surface area contributed by atoms with Crippen molar-refractivity contribution in [2.45, 2.75) is 18.6 Å². The predicted molar refractivity (Wildman–Crippen MR) is 54.4 cm³/mol. The van der Waals surface area contributed by atoms with E-state index in [0.717, 1.165) is 12.3 Å². The van der Waals surface area contributed by atoms with E-state index in [1.807, 2.05) is 0 Å². The fraction of sp³-hybridized carbons (Fsp3) is 0.300. The molecular formula is C10H11NO6. The average molecular weight is 241 g/mol. The quantitative estimate of drug-likeness (QED) is 0.554. The molecule has 7 nitrogen and oxygen atoms in total. The van der Waals surface area contributed by atoms with Crippen LogP contribution in [-0.4, -0.2) is 43.5 Å². The van der Waals surface area contributed by atoms with Crippen molar-refractivity contribution in [2.24, 2.45) is 0 Å². The molecule has 0 aliphatic carbocycles. The number of aromatic nitrogens is 1. The van der Waals surface area contributed by atoms with E-state index in [-0.39, 0.29) is 11.1 Å². The lowest BCUT2D eigenvalue weighted by atomic mass is 10.0. The summed E-state index contributed by atoms with van der Waals surface area (Å²) in [4.78, 5) is 24.6. The molecule has 0 aliphatic heterocycles. The topological polar surface area (TPSA) is 128 Å². The first-order valence-electron chi connectivity index (χ1n) is 4.68. The van der Waals surface area contributed by atoms with E-state index in [1.54, 1.807) is 0 Å². The number of carbonyl (C=O) groups is 2. The number of carboxylic acid groups (broad SMARTS) is 2. The minimum Gasteiger partial charge on any atom is -0.481 e. The van der Waals surface area contributed by atoms with Crippen LogP contribution in [0.2, 0.25) is 0 Å². The van der Waals surface area contributed by atoms with Gasteiger partial charge in [-0.1, -0.05) is 0 Å². The van der Waals surface area contributed by atoms with Gasteiger partial charge in [-0.3, -0.25) is 9.78 Å². The number of aliphatic carboxylic acids is 1.